The molecule has 8 heteroatoms. The van der Waals surface area contributed by atoms with Gasteiger partial charge >= 0.3 is 12.1 Å². The second-order valence-electron chi connectivity index (χ2n) is 7.65. The van der Waals surface area contributed by atoms with Crippen LogP contribution in [0.5, 0.6) is 0 Å². The largest absolute Gasteiger partial charge is 0.466 e. The molecule has 2 aromatic rings. The molecular weight excluding hydrogens is 421 g/mol. The van der Waals surface area contributed by atoms with Gasteiger partial charge in [0.05, 0.1) is 24.2 Å². The van der Waals surface area contributed by atoms with E-state index in [1.165, 1.54) is 24.1 Å². The van der Waals surface area contributed by atoms with E-state index in [2.05, 4.69) is 0 Å². The van der Waals surface area contributed by atoms with Gasteiger partial charge in [0.2, 0.25) is 0 Å². The highest BCUT2D eigenvalue weighted by Gasteiger charge is 2.43. The van der Waals surface area contributed by atoms with Crippen LogP contribution in [0.4, 0.5) is 18.9 Å². The topological polar surface area (TPSA) is 72.6 Å². The van der Waals surface area contributed by atoms with Gasteiger partial charge in [-0.1, -0.05) is 36.4 Å². The minimum atomic E-state index is -4.55. The van der Waals surface area contributed by atoms with Crippen molar-refractivity contribution < 1.29 is 27.5 Å². The lowest BCUT2D eigenvalue weighted by Gasteiger charge is -2.40. The summed E-state index contributed by atoms with van der Waals surface area (Å²) in [5.41, 5.74) is 7.33. The van der Waals surface area contributed by atoms with E-state index in [4.69, 9.17) is 10.5 Å². The lowest BCUT2D eigenvalue weighted by atomic mass is 9.75. The Morgan fingerprint density at radius 2 is 1.81 bits per heavy atom. The van der Waals surface area contributed by atoms with E-state index in [-0.39, 0.29) is 29.3 Å². The highest BCUT2D eigenvalue weighted by molar-refractivity contribution is 6.05. The third kappa shape index (κ3) is 3.66. The summed E-state index contributed by atoms with van der Waals surface area (Å²) >= 11 is 0. The first kappa shape index (κ1) is 21.7. The van der Waals surface area contributed by atoms with Gasteiger partial charge < -0.3 is 10.5 Å². The Bertz CT molecular complexity index is 1140. The van der Waals surface area contributed by atoms with E-state index < -0.39 is 23.6 Å². The summed E-state index contributed by atoms with van der Waals surface area (Å²) < 4.78 is 45.1. The van der Waals surface area contributed by atoms with Crippen molar-refractivity contribution in [1.29, 1.82) is 0 Å². The van der Waals surface area contributed by atoms with Crippen molar-refractivity contribution in [3.8, 4) is 0 Å². The van der Waals surface area contributed by atoms with Gasteiger partial charge in [0.25, 0.3) is 0 Å². The number of Topliss-reactive ketones (excluding diaryl/α,β-unsaturated/α-hetero) is 1. The molecule has 0 saturated carbocycles. The molecule has 1 atom stereocenters. The molecule has 0 spiro atoms. The van der Waals surface area contributed by atoms with Crippen molar-refractivity contribution in [3.05, 3.63) is 88.4 Å². The van der Waals surface area contributed by atoms with Gasteiger partial charge in [-0.3, -0.25) is 9.69 Å². The van der Waals surface area contributed by atoms with E-state index in [1.807, 2.05) is 6.07 Å². The molecule has 1 aliphatic heterocycles. The number of ether oxygens (including phenoxy) is 1. The standard InChI is InChI=1S/C24H21F3N2O3/c1-32-23(31)21-19(14-7-3-2-4-8-14)20-17(11-6-12-18(20)30)29(22(21)28)16-10-5-9-15(13-16)24(25,26)27/h2-5,7-10,13,19H,6,11-12,28H2,1H3. The SMILES string of the molecule is COC(=O)C1=C(N)N(c2cccc(C(F)(F)F)c2)C2=C(C(=O)CCC2)C1c1ccccc1. The predicted octanol–water partition coefficient (Wildman–Crippen LogP) is 4.66. The number of hydrogen-bond donors (Lipinski definition) is 1. The number of benzene rings is 2. The number of rotatable bonds is 3. The number of nitrogens with two attached hydrogens (primary N) is 1. The first-order chi connectivity index (χ1) is 15.2. The zero-order chi connectivity index (χ0) is 23.0. The summed E-state index contributed by atoms with van der Waals surface area (Å²) in [4.78, 5) is 27.3. The molecule has 2 N–H and O–H groups in total. The van der Waals surface area contributed by atoms with Crippen molar-refractivity contribution in [2.45, 2.75) is 31.4 Å². The van der Waals surface area contributed by atoms with Crippen molar-refractivity contribution in [3.63, 3.8) is 0 Å². The molecule has 166 valence electrons. The lowest BCUT2D eigenvalue weighted by molar-refractivity contribution is -0.138. The summed E-state index contributed by atoms with van der Waals surface area (Å²) in [5, 5.41) is 0. The first-order valence-electron chi connectivity index (χ1n) is 10.1. The molecule has 2 aromatic carbocycles. The number of carbonyl (C=O) groups excluding carboxylic acids is 2. The molecule has 0 saturated heterocycles. The summed E-state index contributed by atoms with van der Waals surface area (Å²) in [6.45, 7) is 0. The van der Waals surface area contributed by atoms with Crippen LogP contribution in [0.1, 0.15) is 36.3 Å². The number of hydrogen-bond acceptors (Lipinski definition) is 5. The molecular formula is C24H21F3N2O3. The van der Waals surface area contributed by atoms with Crippen molar-refractivity contribution >= 4 is 17.4 Å². The van der Waals surface area contributed by atoms with Gasteiger partial charge in [0, 0.05) is 23.4 Å². The average molecular weight is 442 g/mol. The first-order valence-corrected chi connectivity index (χ1v) is 10.1. The predicted molar refractivity (Wildman–Crippen MR) is 112 cm³/mol. The molecule has 1 heterocycles. The Kier molecular flexibility index (Phi) is 5.54. The maximum atomic E-state index is 13.4. The Balaban J connectivity index is 1.99. The molecule has 1 unspecified atom stereocenters. The van der Waals surface area contributed by atoms with Crippen LogP contribution < -0.4 is 10.6 Å². The molecule has 32 heavy (non-hydrogen) atoms. The number of ketones is 1. The van der Waals surface area contributed by atoms with Crippen LogP contribution in [0.25, 0.3) is 0 Å². The van der Waals surface area contributed by atoms with E-state index in [0.29, 0.717) is 29.7 Å². The van der Waals surface area contributed by atoms with Crippen LogP contribution in [0, 0.1) is 0 Å². The van der Waals surface area contributed by atoms with Gasteiger partial charge in [-0.25, -0.2) is 4.79 Å². The van der Waals surface area contributed by atoms with Crippen LogP contribution in [0.3, 0.4) is 0 Å². The Morgan fingerprint density at radius 3 is 2.47 bits per heavy atom. The van der Waals surface area contributed by atoms with E-state index >= 15 is 0 Å². The number of halogens is 3. The van der Waals surface area contributed by atoms with Crippen LogP contribution in [0.2, 0.25) is 0 Å². The zero-order valence-electron chi connectivity index (χ0n) is 17.3. The maximum absolute atomic E-state index is 13.4. The average Bonchev–Trinajstić information content (AvgIpc) is 2.78. The fourth-order valence-electron chi connectivity index (χ4n) is 4.39. The number of allylic oxidation sites excluding steroid dienone is 2. The third-order valence-corrected chi connectivity index (χ3v) is 5.76. The second kappa shape index (κ2) is 8.18. The molecule has 0 bridgehead atoms. The van der Waals surface area contributed by atoms with Crippen molar-refractivity contribution in [1.82, 2.24) is 0 Å². The Hall–Kier alpha value is -3.55. The van der Waals surface area contributed by atoms with Crippen LogP contribution in [-0.2, 0) is 20.5 Å². The lowest BCUT2D eigenvalue weighted by Crippen LogP contribution is -2.41. The maximum Gasteiger partial charge on any atom is 0.416 e. The quantitative estimate of drug-likeness (QED) is 0.700. The Labute approximate surface area is 183 Å². The molecule has 2 aliphatic rings. The Morgan fingerprint density at radius 1 is 1.09 bits per heavy atom. The summed E-state index contributed by atoms with van der Waals surface area (Å²) in [5.74, 6) is -1.70. The van der Waals surface area contributed by atoms with Gasteiger partial charge in [-0.2, -0.15) is 13.2 Å². The highest BCUT2D eigenvalue weighted by atomic mass is 19.4. The summed E-state index contributed by atoms with van der Waals surface area (Å²) in [7, 11) is 1.20. The number of anilines is 1. The van der Waals surface area contributed by atoms with E-state index in [1.54, 1.807) is 24.3 Å². The molecule has 4 rings (SSSR count). The van der Waals surface area contributed by atoms with Gasteiger partial charge in [-0.15, -0.1) is 0 Å². The normalized spacial score (nSPS) is 19.2. The molecule has 0 amide bonds. The number of nitrogens with zero attached hydrogens (tertiary/aromatic N) is 1. The number of methoxy groups -OCH3 is 1. The van der Waals surface area contributed by atoms with Crippen LogP contribution in [-0.4, -0.2) is 18.9 Å². The summed E-state index contributed by atoms with van der Waals surface area (Å²) in [6, 6.07) is 13.6. The van der Waals surface area contributed by atoms with Gasteiger partial charge in [0.15, 0.2) is 5.78 Å². The third-order valence-electron chi connectivity index (χ3n) is 5.76. The molecule has 0 radical (unpaired) electrons. The van der Waals surface area contributed by atoms with Crippen LogP contribution >= 0.6 is 0 Å². The van der Waals surface area contributed by atoms with Crippen LogP contribution in [0.15, 0.2) is 77.3 Å². The molecule has 1 aliphatic carbocycles. The van der Waals surface area contributed by atoms with Gasteiger partial charge in [0.1, 0.15) is 5.82 Å². The zero-order valence-corrected chi connectivity index (χ0v) is 17.3. The monoisotopic (exact) mass is 442 g/mol. The van der Waals surface area contributed by atoms with Gasteiger partial charge in [-0.05, 0) is 36.6 Å². The van der Waals surface area contributed by atoms with Crippen molar-refractivity contribution in [2.75, 3.05) is 12.0 Å². The summed E-state index contributed by atoms with van der Waals surface area (Å²) in [6.07, 6.45) is -3.29. The van der Waals surface area contributed by atoms with Crippen molar-refractivity contribution in [2.24, 2.45) is 5.73 Å². The molecule has 0 fully saturated rings. The second-order valence-corrected chi connectivity index (χ2v) is 7.65. The fourth-order valence-corrected chi connectivity index (χ4v) is 4.39. The minimum absolute atomic E-state index is 0.0325. The minimum Gasteiger partial charge on any atom is -0.466 e. The smallest absolute Gasteiger partial charge is 0.416 e. The number of alkyl halides is 3. The number of carbonyl (C=O) groups is 2. The van der Waals surface area contributed by atoms with E-state index in [0.717, 1.165) is 12.1 Å². The molecule has 5 nitrogen and oxygen atoms in total. The van der Waals surface area contributed by atoms with E-state index in [9.17, 15) is 22.8 Å². The molecule has 0 aromatic heterocycles. The number of esters is 1. The fraction of sp³-hybridized carbons (Fsp3) is 0.250. The highest BCUT2D eigenvalue weighted by Crippen LogP contribution is 2.47.